The zero-order valence-corrected chi connectivity index (χ0v) is 22.2. The summed E-state index contributed by atoms with van der Waals surface area (Å²) >= 11 is 5.74. The third-order valence-electron chi connectivity index (χ3n) is 6.56. The quantitative estimate of drug-likeness (QED) is 0.257. The molecule has 1 fully saturated rings. The number of pyridine rings is 1. The predicted octanol–water partition coefficient (Wildman–Crippen LogP) is 6.05. The number of furan rings is 1. The minimum atomic E-state index is -0.264. The van der Waals surface area contributed by atoms with Gasteiger partial charge in [-0.05, 0) is 86.2 Å². The van der Waals surface area contributed by atoms with E-state index in [0.29, 0.717) is 18.3 Å². The van der Waals surface area contributed by atoms with E-state index in [0.717, 1.165) is 39.8 Å². The maximum Gasteiger partial charge on any atom is 0.226 e. The highest BCUT2D eigenvalue weighted by atomic mass is 32.1. The first-order chi connectivity index (χ1) is 18.5. The topological polar surface area (TPSA) is 79.6 Å². The Morgan fingerprint density at radius 2 is 1.87 bits per heavy atom. The summed E-state index contributed by atoms with van der Waals surface area (Å²) in [7, 11) is 0. The number of nitrogens with one attached hydrogen (secondary N) is 2. The number of hydrogen-bond acceptors (Lipinski definition) is 5. The Morgan fingerprint density at radius 3 is 2.61 bits per heavy atom. The monoisotopic (exact) mass is 526 g/mol. The van der Waals surface area contributed by atoms with Gasteiger partial charge in [-0.3, -0.25) is 9.78 Å². The minimum absolute atomic E-state index is 0.0725. The molecule has 2 atom stereocenters. The van der Waals surface area contributed by atoms with Crippen LogP contribution in [0.25, 0.3) is 11.3 Å². The summed E-state index contributed by atoms with van der Waals surface area (Å²) in [5.74, 6) is 2.24. The van der Waals surface area contributed by atoms with E-state index in [1.165, 1.54) is 0 Å². The summed E-state index contributed by atoms with van der Waals surface area (Å²) in [6.45, 7) is 4.98. The lowest BCUT2D eigenvalue weighted by Gasteiger charge is -2.26. The van der Waals surface area contributed by atoms with Crippen LogP contribution < -0.4 is 15.4 Å². The van der Waals surface area contributed by atoms with Gasteiger partial charge in [0.15, 0.2) is 5.11 Å². The number of aryl methyl sites for hydroxylation is 1. The standard InChI is InChI=1S/C30H30N4O3S/c1-3-36-22-13-11-21(12-14-22)25-15-16-26(37-25)29-28(24-10-6-7-18-31-24)33-30(38)34(29)19-17-27(35)32-23-9-5-4-8-20(23)2/h4-16,18,28-29H,3,17,19H2,1-2H3,(H,32,35)(H,33,38). The average molecular weight is 527 g/mol. The van der Waals surface area contributed by atoms with E-state index in [-0.39, 0.29) is 24.4 Å². The second-order valence-corrected chi connectivity index (χ2v) is 9.48. The summed E-state index contributed by atoms with van der Waals surface area (Å²) in [6.07, 6.45) is 2.04. The summed E-state index contributed by atoms with van der Waals surface area (Å²) in [5.41, 5.74) is 3.63. The number of carbonyl (C=O) groups is 1. The fourth-order valence-electron chi connectivity index (χ4n) is 4.65. The van der Waals surface area contributed by atoms with Gasteiger partial charge in [-0.25, -0.2) is 0 Å². The average Bonchev–Trinajstić information content (AvgIpc) is 3.54. The Morgan fingerprint density at radius 1 is 1.08 bits per heavy atom. The van der Waals surface area contributed by atoms with Gasteiger partial charge in [0.05, 0.1) is 18.3 Å². The number of thiocarbonyl (C=S) groups is 1. The fourth-order valence-corrected chi connectivity index (χ4v) is 4.98. The van der Waals surface area contributed by atoms with E-state index in [4.69, 9.17) is 21.4 Å². The normalized spacial score (nSPS) is 16.8. The molecule has 0 radical (unpaired) electrons. The Hall–Kier alpha value is -4.17. The Labute approximate surface area is 227 Å². The third kappa shape index (κ3) is 5.55. The molecule has 7 nitrogen and oxygen atoms in total. The van der Waals surface area contributed by atoms with E-state index < -0.39 is 0 Å². The molecule has 2 N–H and O–H groups in total. The van der Waals surface area contributed by atoms with Crippen LogP contribution in [0.4, 0.5) is 5.69 Å². The molecule has 8 heteroatoms. The third-order valence-corrected chi connectivity index (χ3v) is 6.92. The molecule has 1 aliphatic rings. The van der Waals surface area contributed by atoms with Gasteiger partial charge in [0.1, 0.15) is 23.3 Å². The van der Waals surface area contributed by atoms with E-state index in [2.05, 4.69) is 15.6 Å². The molecule has 1 amide bonds. The Balaban J connectivity index is 1.38. The SMILES string of the molecule is CCOc1ccc(-c2ccc(C3C(c4ccccn4)NC(=S)N3CCC(=O)Nc3ccccc3C)o2)cc1. The number of ether oxygens (including phenoxy) is 1. The van der Waals surface area contributed by atoms with Crippen LogP contribution in [0, 0.1) is 6.92 Å². The van der Waals surface area contributed by atoms with Gasteiger partial charge in [0, 0.05) is 30.4 Å². The summed E-state index contributed by atoms with van der Waals surface area (Å²) in [5, 5.41) is 6.98. The van der Waals surface area contributed by atoms with Gasteiger partial charge in [-0.15, -0.1) is 0 Å². The van der Waals surface area contributed by atoms with Crippen molar-refractivity contribution in [1.29, 1.82) is 0 Å². The van der Waals surface area contributed by atoms with Crippen LogP contribution in [-0.2, 0) is 4.79 Å². The molecule has 2 aromatic carbocycles. The molecule has 0 spiro atoms. The van der Waals surface area contributed by atoms with Crippen molar-refractivity contribution in [2.24, 2.45) is 0 Å². The number of rotatable bonds is 9. The molecular formula is C30H30N4O3S. The van der Waals surface area contributed by atoms with Gasteiger partial charge in [0.2, 0.25) is 5.91 Å². The van der Waals surface area contributed by atoms with Crippen LogP contribution in [0.5, 0.6) is 5.75 Å². The molecular weight excluding hydrogens is 496 g/mol. The smallest absolute Gasteiger partial charge is 0.226 e. The van der Waals surface area contributed by atoms with E-state index in [1.54, 1.807) is 6.20 Å². The van der Waals surface area contributed by atoms with Gasteiger partial charge >= 0.3 is 0 Å². The van der Waals surface area contributed by atoms with Crippen molar-refractivity contribution < 1.29 is 13.9 Å². The Kier molecular flexibility index (Phi) is 7.70. The molecule has 4 aromatic rings. The van der Waals surface area contributed by atoms with Crippen molar-refractivity contribution in [2.45, 2.75) is 32.4 Å². The molecule has 38 heavy (non-hydrogen) atoms. The second kappa shape index (κ2) is 11.5. The maximum atomic E-state index is 12.8. The maximum absolute atomic E-state index is 12.8. The molecule has 1 aliphatic heterocycles. The number of anilines is 1. The van der Waals surface area contributed by atoms with E-state index in [1.807, 2.05) is 97.6 Å². The molecule has 0 saturated carbocycles. The zero-order chi connectivity index (χ0) is 26.5. The Bertz CT molecular complexity index is 1400. The molecule has 1 saturated heterocycles. The number of para-hydroxylation sites is 1. The van der Waals surface area contributed by atoms with Crippen LogP contribution in [0.2, 0.25) is 0 Å². The first kappa shape index (κ1) is 25.5. The molecule has 2 aromatic heterocycles. The molecule has 0 aliphatic carbocycles. The van der Waals surface area contributed by atoms with Crippen molar-refractivity contribution in [2.75, 3.05) is 18.5 Å². The first-order valence-electron chi connectivity index (χ1n) is 12.7. The molecule has 3 heterocycles. The van der Waals surface area contributed by atoms with Gasteiger partial charge in [-0.2, -0.15) is 0 Å². The van der Waals surface area contributed by atoms with Gasteiger partial charge in [0.25, 0.3) is 0 Å². The summed E-state index contributed by atoms with van der Waals surface area (Å²) in [6, 6.07) is 24.8. The second-order valence-electron chi connectivity index (χ2n) is 9.09. The number of benzene rings is 2. The first-order valence-corrected chi connectivity index (χ1v) is 13.1. The van der Waals surface area contributed by atoms with Crippen LogP contribution in [-0.4, -0.2) is 34.1 Å². The van der Waals surface area contributed by atoms with Crippen LogP contribution >= 0.6 is 12.2 Å². The van der Waals surface area contributed by atoms with Crippen LogP contribution in [0.3, 0.4) is 0 Å². The van der Waals surface area contributed by atoms with Crippen molar-refractivity contribution >= 4 is 28.9 Å². The van der Waals surface area contributed by atoms with Gasteiger partial charge in [-0.1, -0.05) is 24.3 Å². The number of amides is 1. The molecule has 194 valence electrons. The highest BCUT2D eigenvalue weighted by Crippen LogP contribution is 2.40. The lowest BCUT2D eigenvalue weighted by Crippen LogP contribution is -2.32. The van der Waals surface area contributed by atoms with E-state index >= 15 is 0 Å². The van der Waals surface area contributed by atoms with E-state index in [9.17, 15) is 4.79 Å². The molecule has 5 rings (SSSR count). The van der Waals surface area contributed by atoms with Crippen molar-refractivity contribution in [3.8, 4) is 17.1 Å². The van der Waals surface area contributed by atoms with Crippen molar-refractivity contribution in [3.63, 3.8) is 0 Å². The highest BCUT2D eigenvalue weighted by molar-refractivity contribution is 7.80. The largest absolute Gasteiger partial charge is 0.494 e. The van der Waals surface area contributed by atoms with Crippen molar-refractivity contribution in [1.82, 2.24) is 15.2 Å². The lowest BCUT2D eigenvalue weighted by molar-refractivity contribution is -0.116. The highest BCUT2D eigenvalue weighted by Gasteiger charge is 2.41. The van der Waals surface area contributed by atoms with Crippen LogP contribution in [0.1, 0.15) is 42.4 Å². The lowest BCUT2D eigenvalue weighted by atomic mass is 10.0. The zero-order valence-electron chi connectivity index (χ0n) is 21.4. The predicted molar refractivity (Wildman–Crippen MR) is 152 cm³/mol. The van der Waals surface area contributed by atoms with Crippen LogP contribution in [0.15, 0.2) is 89.5 Å². The minimum Gasteiger partial charge on any atom is -0.494 e. The summed E-state index contributed by atoms with van der Waals surface area (Å²) in [4.78, 5) is 19.4. The fraction of sp³-hybridized carbons (Fsp3) is 0.233. The molecule has 2 unspecified atom stereocenters. The molecule has 0 bridgehead atoms. The van der Waals surface area contributed by atoms with Crippen molar-refractivity contribution in [3.05, 3.63) is 102 Å². The number of carbonyl (C=O) groups excluding carboxylic acids is 1. The number of aromatic nitrogens is 1. The number of nitrogens with zero attached hydrogens (tertiary/aromatic N) is 2. The van der Waals surface area contributed by atoms with Gasteiger partial charge < -0.3 is 24.7 Å². The number of hydrogen-bond donors (Lipinski definition) is 2. The summed E-state index contributed by atoms with van der Waals surface area (Å²) < 4.78 is 12.0.